The van der Waals surface area contributed by atoms with Gasteiger partial charge in [0.2, 0.25) is 0 Å². The van der Waals surface area contributed by atoms with Gasteiger partial charge in [0.1, 0.15) is 0 Å². The van der Waals surface area contributed by atoms with Crippen molar-refractivity contribution < 1.29 is 0 Å². The third kappa shape index (κ3) is 4.23. The monoisotopic (exact) mass is 279 g/mol. The second-order valence-electron chi connectivity index (χ2n) is 4.49. The lowest BCUT2D eigenvalue weighted by Crippen LogP contribution is -2.21. The van der Waals surface area contributed by atoms with Gasteiger partial charge in [-0.25, -0.2) is 0 Å². The van der Waals surface area contributed by atoms with Gasteiger partial charge in [-0.2, -0.15) is 0 Å². The molecular weight excluding hydrogens is 258 g/mol. The van der Waals surface area contributed by atoms with E-state index in [-0.39, 0.29) is 0 Å². The first kappa shape index (κ1) is 13.8. The standard InChI is InChI=1S/C15H21NS2/c1-2-10-16-14(15-9-5-12-18-15)8-3-6-13-7-4-11-17-13/h4-5,7,9,11-12,14,16H,2-3,6,8,10H2,1H3. The van der Waals surface area contributed by atoms with E-state index < -0.39 is 0 Å². The first-order chi connectivity index (χ1) is 8.90. The van der Waals surface area contributed by atoms with Crippen LogP contribution < -0.4 is 5.32 Å². The molecule has 2 aromatic rings. The van der Waals surface area contributed by atoms with Crippen LogP contribution in [0.2, 0.25) is 0 Å². The Hall–Kier alpha value is -0.640. The van der Waals surface area contributed by atoms with E-state index in [2.05, 4.69) is 47.3 Å². The van der Waals surface area contributed by atoms with Crippen LogP contribution in [0.5, 0.6) is 0 Å². The lowest BCUT2D eigenvalue weighted by Gasteiger charge is -2.16. The second-order valence-corrected chi connectivity index (χ2v) is 6.51. The summed E-state index contributed by atoms with van der Waals surface area (Å²) in [6.45, 7) is 3.34. The first-order valence-electron chi connectivity index (χ1n) is 6.69. The van der Waals surface area contributed by atoms with E-state index in [9.17, 15) is 0 Å². The molecule has 0 aliphatic heterocycles. The van der Waals surface area contributed by atoms with E-state index in [1.807, 2.05) is 22.7 Å². The van der Waals surface area contributed by atoms with Gasteiger partial charge in [0.25, 0.3) is 0 Å². The largest absolute Gasteiger partial charge is 0.309 e. The Balaban J connectivity index is 1.81. The van der Waals surface area contributed by atoms with Crippen LogP contribution in [-0.2, 0) is 6.42 Å². The van der Waals surface area contributed by atoms with Crippen LogP contribution in [0.3, 0.4) is 0 Å². The normalized spacial score (nSPS) is 12.7. The molecule has 98 valence electrons. The third-order valence-corrected chi connectivity index (χ3v) is 4.95. The summed E-state index contributed by atoms with van der Waals surface area (Å²) >= 11 is 3.74. The predicted octanol–water partition coefficient (Wildman–Crippen LogP) is 4.87. The molecule has 0 aromatic carbocycles. The Morgan fingerprint density at radius 1 is 1.17 bits per heavy atom. The molecule has 2 heterocycles. The highest BCUT2D eigenvalue weighted by atomic mass is 32.1. The Morgan fingerprint density at radius 3 is 2.67 bits per heavy atom. The lowest BCUT2D eigenvalue weighted by molar-refractivity contribution is 0.491. The van der Waals surface area contributed by atoms with E-state index >= 15 is 0 Å². The molecule has 1 unspecified atom stereocenters. The van der Waals surface area contributed by atoms with Crippen molar-refractivity contribution in [2.75, 3.05) is 6.54 Å². The summed E-state index contributed by atoms with van der Waals surface area (Å²) in [5.41, 5.74) is 0. The zero-order valence-corrected chi connectivity index (χ0v) is 12.5. The molecule has 0 aliphatic carbocycles. The molecule has 0 saturated carbocycles. The maximum atomic E-state index is 3.67. The maximum absolute atomic E-state index is 3.67. The van der Waals surface area contributed by atoms with Gasteiger partial charge >= 0.3 is 0 Å². The summed E-state index contributed by atoms with van der Waals surface area (Å²) in [5, 5.41) is 8.01. The molecular formula is C15H21NS2. The molecule has 0 bridgehead atoms. The highest BCUT2D eigenvalue weighted by Gasteiger charge is 2.11. The van der Waals surface area contributed by atoms with Crippen molar-refractivity contribution in [3.8, 4) is 0 Å². The van der Waals surface area contributed by atoms with Crippen LogP contribution in [0, 0.1) is 0 Å². The van der Waals surface area contributed by atoms with Crippen molar-refractivity contribution in [3.63, 3.8) is 0 Å². The van der Waals surface area contributed by atoms with Crippen LogP contribution in [0.15, 0.2) is 35.0 Å². The molecule has 0 aliphatic rings. The van der Waals surface area contributed by atoms with Crippen molar-refractivity contribution in [2.24, 2.45) is 0 Å². The number of hydrogen-bond donors (Lipinski definition) is 1. The molecule has 0 amide bonds. The molecule has 18 heavy (non-hydrogen) atoms. The van der Waals surface area contributed by atoms with E-state index in [0.717, 1.165) is 6.54 Å². The minimum absolute atomic E-state index is 0.546. The van der Waals surface area contributed by atoms with Gasteiger partial charge in [-0.1, -0.05) is 19.1 Å². The predicted molar refractivity (Wildman–Crippen MR) is 82.6 cm³/mol. The third-order valence-electron chi connectivity index (χ3n) is 3.02. The highest BCUT2D eigenvalue weighted by Crippen LogP contribution is 2.24. The van der Waals surface area contributed by atoms with Crippen molar-refractivity contribution in [1.82, 2.24) is 5.32 Å². The molecule has 0 fully saturated rings. The number of thiophene rings is 2. The van der Waals surface area contributed by atoms with Crippen LogP contribution in [0.4, 0.5) is 0 Å². The topological polar surface area (TPSA) is 12.0 Å². The van der Waals surface area contributed by atoms with Gasteiger partial charge in [-0.3, -0.25) is 0 Å². The zero-order chi connectivity index (χ0) is 12.6. The van der Waals surface area contributed by atoms with Gasteiger partial charge in [0, 0.05) is 15.8 Å². The Bertz CT molecular complexity index is 406. The fourth-order valence-electron chi connectivity index (χ4n) is 2.09. The lowest BCUT2D eigenvalue weighted by atomic mass is 10.1. The van der Waals surface area contributed by atoms with Gasteiger partial charge in [-0.05, 0) is 55.1 Å². The fraction of sp³-hybridized carbons (Fsp3) is 0.467. The second kappa shape index (κ2) is 7.72. The Labute approximate surface area is 118 Å². The van der Waals surface area contributed by atoms with Gasteiger partial charge in [-0.15, -0.1) is 22.7 Å². The maximum Gasteiger partial charge on any atom is 0.0414 e. The van der Waals surface area contributed by atoms with Crippen LogP contribution in [0.25, 0.3) is 0 Å². The van der Waals surface area contributed by atoms with Gasteiger partial charge in [0.05, 0.1) is 0 Å². The number of nitrogens with one attached hydrogen (secondary N) is 1. The number of rotatable bonds is 8. The van der Waals surface area contributed by atoms with Crippen molar-refractivity contribution >= 4 is 22.7 Å². The van der Waals surface area contributed by atoms with Crippen LogP contribution in [-0.4, -0.2) is 6.54 Å². The van der Waals surface area contributed by atoms with Crippen LogP contribution >= 0.6 is 22.7 Å². The molecule has 1 atom stereocenters. The van der Waals surface area contributed by atoms with Crippen molar-refractivity contribution in [1.29, 1.82) is 0 Å². The summed E-state index contributed by atoms with van der Waals surface area (Å²) in [6, 6.07) is 9.34. The summed E-state index contributed by atoms with van der Waals surface area (Å²) < 4.78 is 0. The average molecular weight is 279 g/mol. The molecule has 1 N–H and O–H groups in total. The highest BCUT2D eigenvalue weighted by molar-refractivity contribution is 7.10. The average Bonchev–Trinajstić information content (AvgIpc) is 3.05. The summed E-state index contributed by atoms with van der Waals surface area (Å²) in [5.74, 6) is 0. The number of aryl methyl sites for hydroxylation is 1. The molecule has 2 rings (SSSR count). The smallest absolute Gasteiger partial charge is 0.0414 e. The molecule has 0 radical (unpaired) electrons. The minimum Gasteiger partial charge on any atom is -0.309 e. The molecule has 0 spiro atoms. The summed E-state index contributed by atoms with van der Waals surface area (Å²) in [6.07, 6.45) is 4.92. The van der Waals surface area contributed by atoms with E-state index in [1.54, 1.807) is 0 Å². The molecule has 2 aromatic heterocycles. The zero-order valence-electron chi connectivity index (χ0n) is 10.9. The summed E-state index contributed by atoms with van der Waals surface area (Å²) in [4.78, 5) is 2.99. The fourth-order valence-corrected chi connectivity index (χ4v) is 3.68. The Morgan fingerprint density at radius 2 is 2.00 bits per heavy atom. The molecule has 3 heteroatoms. The quantitative estimate of drug-likeness (QED) is 0.726. The Kier molecular flexibility index (Phi) is 5.91. The van der Waals surface area contributed by atoms with E-state index in [1.165, 1.54) is 35.4 Å². The van der Waals surface area contributed by atoms with Gasteiger partial charge < -0.3 is 5.32 Å². The SMILES string of the molecule is CCCNC(CCCc1cccs1)c1cccs1. The van der Waals surface area contributed by atoms with Crippen molar-refractivity contribution in [2.45, 2.75) is 38.6 Å². The summed E-state index contributed by atoms with van der Waals surface area (Å²) in [7, 11) is 0. The number of hydrogen-bond acceptors (Lipinski definition) is 3. The van der Waals surface area contributed by atoms with Crippen LogP contribution in [0.1, 0.15) is 42.0 Å². The molecule has 0 saturated heterocycles. The molecule has 1 nitrogen and oxygen atoms in total. The first-order valence-corrected chi connectivity index (χ1v) is 8.45. The van der Waals surface area contributed by atoms with Crippen molar-refractivity contribution in [3.05, 3.63) is 44.8 Å². The van der Waals surface area contributed by atoms with Gasteiger partial charge in [0.15, 0.2) is 0 Å². The van der Waals surface area contributed by atoms with E-state index in [4.69, 9.17) is 0 Å². The minimum atomic E-state index is 0.546. The van der Waals surface area contributed by atoms with E-state index in [0.29, 0.717) is 6.04 Å².